The molecule has 1 aliphatic heterocycles. The summed E-state index contributed by atoms with van der Waals surface area (Å²) in [6, 6.07) is 16.8. The van der Waals surface area contributed by atoms with Crippen LogP contribution in [-0.2, 0) is 9.53 Å². The second-order valence-corrected chi connectivity index (χ2v) is 8.67. The quantitative estimate of drug-likeness (QED) is 0.533. The Kier molecular flexibility index (Phi) is 5.83. The third kappa shape index (κ3) is 3.82. The number of halogens is 1. The summed E-state index contributed by atoms with van der Waals surface area (Å²) < 4.78 is 8.34. The number of ether oxygens (including phenoxy) is 1. The van der Waals surface area contributed by atoms with E-state index in [0.717, 1.165) is 15.6 Å². The maximum absolute atomic E-state index is 13.2. The molecule has 0 saturated heterocycles. The number of carbonyl (C=O) groups excluding carboxylic acids is 1. The molecule has 2 aromatic carbocycles. The van der Waals surface area contributed by atoms with Crippen molar-refractivity contribution in [3.05, 3.63) is 95.5 Å². The SMILES string of the molecule is CCOC(=O)C1=C(C)n2c(s/c(=C\c3ccc(Br)cc3)c2=O)=N[C@@H]1c1ccccc1. The van der Waals surface area contributed by atoms with Crippen LogP contribution in [0.5, 0.6) is 0 Å². The summed E-state index contributed by atoms with van der Waals surface area (Å²) in [6.45, 7) is 3.79. The Hall–Kier alpha value is -2.77. The normalized spacial score (nSPS) is 16.2. The lowest BCUT2D eigenvalue weighted by Gasteiger charge is -2.22. The van der Waals surface area contributed by atoms with Crippen molar-refractivity contribution >= 4 is 45.0 Å². The highest BCUT2D eigenvalue weighted by atomic mass is 79.9. The number of aromatic nitrogens is 1. The number of fused-ring (bicyclic) bond motifs is 1. The molecule has 0 amide bonds. The molecule has 1 atom stereocenters. The molecule has 4 rings (SSSR count). The number of rotatable bonds is 4. The van der Waals surface area contributed by atoms with Crippen molar-refractivity contribution in [2.45, 2.75) is 19.9 Å². The molecule has 2 heterocycles. The lowest BCUT2D eigenvalue weighted by atomic mass is 9.97. The monoisotopic (exact) mass is 482 g/mol. The third-order valence-electron chi connectivity index (χ3n) is 4.82. The van der Waals surface area contributed by atoms with Crippen LogP contribution < -0.4 is 14.9 Å². The highest BCUT2D eigenvalue weighted by Crippen LogP contribution is 2.32. The summed E-state index contributed by atoms with van der Waals surface area (Å²) in [5.74, 6) is -0.449. The highest BCUT2D eigenvalue weighted by Gasteiger charge is 2.31. The van der Waals surface area contributed by atoms with Crippen molar-refractivity contribution in [2.24, 2.45) is 4.99 Å². The van der Waals surface area contributed by atoms with Crippen molar-refractivity contribution in [2.75, 3.05) is 6.61 Å². The van der Waals surface area contributed by atoms with E-state index in [9.17, 15) is 9.59 Å². The largest absolute Gasteiger partial charge is 0.463 e. The zero-order valence-corrected chi connectivity index (χ0v) is 18.9. The number of nitrogens with zero attached hydrogens (tertiary/aromatic N) is 2. The lowest BCUT2D eigenvalue weighted by Crippen LogP contribution is -2.35. The third-order valence-corrected chi connectivity index (χ3v) is 6.33. The van der Waals surface area contributed by atoms with Crippen LogP contribution in [0.2, 0.25) is 0 Å². The number of carbonyl (C=O) groups is 1. The van der Waals surface area contributed by atoms with E-state index in [4.69, 9.17) is 9.73 Å². The Bertz CT molecular complexity index is 1310. The molecule has 7 heteroatoms. The average molecular weight is 483 g/mol. The smallest absolute Gasteiger partial charge is 0.338 e. The van der Waals surface area contributed by atoms with E-state index >= 15 is 0 Å². The summed E-state index contributed by atoms with van der Waals surface area (Å²) in [7, 11) is 0. The summed E-state index contributed by atoms with van der Waals surface area (Å²) in [5.41, 5.74) is 2.56. The lowest BCUT2D eigenvalue weighted by molar-refractivity contribution is -0.138. The van der Waals surface area contributed by atoms with Gasteiger partial charge in [0.15, 0.2) is 4.80 Å². The molecule has 3 aromatic rings. The number of thiazole rings is 1. The number of benzene rings is 2. The van der Waals surface area contributed by atoms with Gasteiger partial charge >= 0.3 is 5.97 Å². The van der Waals surface area contributed by atoms with Gasteiger partial charge in [0, 0.05) is 10.2 Å². The molecule has 1 aromatic heterocycles. The van der Waals surface area contributed by atoms with Crippen LogP contribution in [0.25, 0.3) is 11.8 Å². The molecule has 1 aliphatic rings. The van der Waals surface area contributed by atoms with E-state index in [-0.39, 0.29) is 12.2 Å². The van der Waals surface area contributed by atoms with Gasteiger partial charge in [0.2, 0.25) is 0 Å². The predicted molar refractivity (Wildman–Crippen MR) is 122 cm³/mol. The average Bonchev–Trinajstić information content (AvgIpc) is 3.06. The van der Waals surface area contributed by atoms with Gasteiger partial charge in [0.05, 0.1) is 16.7 Å². The maximum atomic E-state index is 13.2. The van der Waals surface area contributed by atoms with Gasteiger partial charge in [0.25, 0.3) is 5.56 Å². The Balaban J connectivity index is 1.94. The topological polar surface area (TPSA) is 60.7 Å². The van der Waals surface area contributed by atoms with Crippen LogP contribution >= 0.6 is 27.3 Å². The van der Waals surface area contributed by atoms with Crippen molar-refractivity contribution in [1.29, 1.82) is 0 Å². The molecule has 0 aliphatic carbocycles. The molecule has 0 fully saturated rings. The van der Waals surface area contributed by atoms with Crippen molar-refractivity contribution in [1.82, 2.24) is 4.57 Å². The van der Waals surface area contributed by atoms with E-state index in [2.05, 4.69) is 15.9 Å². The van der Waals surface area contributed by atoms with Crippen LogP contribution in [0.3, 0.4) is 0 Å². The first-order valence-electron chi connectivity index (χ1n) is 9.49. The van der Waals surface area contributed by atoms with Crippen molar-refractivity contribution in [3.63, 3.8) is 0 Å². The van der Waals surface area contributed by atoms with E-state index < -0.39 is 12.0 Å². The van der Waals surface area contributed by atoms with Crippen molar-refractivity contribution < 1.29 is 9.53 Å². The molecule has 0 bridgehead atoms. The fraction of sp³-hybridized carbons (Fsp3) is 0.174. The Morgan fingerprint density at radius 1 is 1.20 bits per heavy atom. The zero-order chi connectivity index (χ0) is 21.3. The summed E-state index contributed by atoms with van der Waals surface area (Å²) >= 11 is 4.74. The van der Waals surface area contributed by atoms with Gasteiger partial charge in [-0.25, -0.2) is 9.79 Å². The fourth-order valence-corrected chi connectivity index (χ4v) is 4.71. The minimum absolute atomic E-state index is 0.188. The summed E-state index contributed by atoms with van der Waals surface area (Å²) in [5, 5.41) is 0. The summed E-state index contributed by atoms with van der Waals surface area (Å²) in [4.78, 5) is 31.3. The molecule has 0 saturated carbocycles. The van der Waals surface area contributed by atoms with Gasteiger partial charge in [-0.15, -0.1) is 0 Å². The van der Waals surface area contributed by atoms with Crippen LogP contribution in [0.15, 0.2) is 74.4 Å². The van der Waals surface area contributed by atoms with Crippen LogP contribution in [0.4, 0.5) is 0 Å². The van der Waals surface area contributed by atoms with Crippen molar-refractivity contribution in [3.8, 4) is 0 Å². The van der Waals surface area contributed by atoms with Gasteiger partial charge in [-0.1, -0.05) is 69.7 Å². The van der Waals surface area contributed by atoms with Gasteiger partial charge < -0.3 is 4.74 Å². The molecule has 0 spiro atoms. The first-order chi connectivity index (χ1) is 14.5. The van der Waals surface area contributed by atoms with Gasteiger partial charge in [-0.2, -0.15) is 0 Å². The standard InChI is InChI=1S/C23H19BrN2O3S/c1-3-29-22(28)19-14(2)26-21(27)18(13-15-9-11-17(24)12-10-15)30-23(26)25-20(19)16-7-5-4-6-8-16/h4-13,20H,3H2,1-2H3/b18-13-/t20-/m1/s1. The summed E-state index contributed by atoms with van der Waals surface area (Å²) in [6.07, 6.45) is 1.84. The number of allylic oxidation sites excluding steroid dienone is 1. The molecule has 0 radical (unpaired) electrons. The predicted octanol–water partition coefficient (Wildman–Crippen LogP) is 3.67. The Morgan fingerprint density at radius 3 is 2.57 bits per heavy atom. The van der Waals surface area contributed by atoms with E-state index in [1.807, 2.05) is 60.7 Å². The Morgan fingerprint density at radius 2 is 1.90 bits per heavy atom. The van der Waals surface area contributed by atoms with E-state index in [1.165, 1.54) is 15.9 Å². The molecule has 5 nitrogen and oxygen atoms in total. The van der Waals surface area contributed by atoms with Gasteiger partial charge in [0.1, 0.15) is 6.04 Å². The fourth-order valence-electron chi connectivity index (χ4n) is 3.40. The maximum Gasteiger partial charge on any atom is 0.338 e. The van der Waals surface area contributed by atoms with E-state index in [0.29, 0.717) is 20.6 Å². The van der Waals surface area contributed by atoms with E-state index in [1.54, 1.807) is 13.8 Å². The number of hydrogen-bond acceptors (Lipinski definition) is 5. The first kappa shape index (κ1) is 20.5. The van der Waals surface area contributed by atoms with Crippen LogP contribution in [0.1, 0.15) is 31.0 Å². The zero-order valence-electron chi connectivity index (χ0n) is 16.5. The molecule has 30 heavy (non-hydrogen) atoms. The molecule has 152 valence electrons. The molecule has 0 unspecified atom stereocenters. The first-order valence-corrected chi connectivity index (χ1v) is 11.1. The highest BCUT2D eigenvalue weighted by molar-refractivity contribution is 9.10. The molecule has 0 N–H and O–H groups in total. The van der Waals surface area contributed by atoms with Crippen LogP contribution in [-0.4, -0.2) is 17.1 Å². The van der Waals surface area contributed by atoms with Crippen LogP contribution in [0, 0.1) is 0 Å². The minimum Gasteiger partial charge on any atom is -0.463 e. The minimum atomic E-state index is -0.510. The second kappa shape index (κ2) is 8.53. The Labute approximate surface area is 185 Å². The number of hydrogen-bond donors (Lipinski definition) is 0. The molecular formula is C23H19BrN2O3S. The number of esters is 1. The van der Waals surface area contributed by atoms with Gasteiger partial charge in [-0.3, -0.25) is 9.36 Å². The van der Waals surface area contributed by atoms with Gasteiger partial charge in [-0.05, 0) is 43.2 Å². The second-order valence-electron chi connectivity index (χ2n) is 6.75. The molecular weight excluding hydrogens is 464 g/mol.